The second-order valence-corrected chi connectivity index (χ2v) is 8.51. The first kappa shape index (κ1) is 17.6. The molecule has 1 heterocycles. The molecule has 3 nitrogen and oxygen atoms in total. The van der Waals surface area contributed by atoms with Crippen LogP contribution in [-0.4, -0.2) is 25.7 Å². The van der Waals surface area contributed by atoms with Gasteiger partial charge in [0.1, 0.15) is 0 Å². The van der Waals surface area contributed by atoms with Gasteiger partial charge in [0.2, 0.25) is 0 Å². The normalized spacial score (nSPS) is 31.1. The van der Waals surface area contributed by atoms with Gasteiger partial charge in [-0.05, 0) is 80.5 Å². The van der Waals surface area contributed by atoms with Crippen LogP contribution in [0.4, 0.5) is 11.4 Å². The number of aryl methyl sites for hydroxylation is 1. The third kappa shape index (κ3) is 4.44. The first-order valence-electron chi connectivity index (χ1n) is 9.86. The van der Waals surface area contributed by atoms with Crippen molar-refractivity contribution in [1.82, 2.24) is 0 Å². The van der Waals surface area contributed by atoms with Crippen molar-refractivity contribution in [2.24, 2.45) is 23.5 Å². The van der Waals surface area contributed by atoms with Gasteiger partial charge in [-0.25, -0.2) is 0 Å². The third-order valence-electron chi connectivity index (χ3n) is 5.92. The molecule has 0 spiro atoms. The number of nitrogens with two attached hydrogens (primary N) is 1. The van der Waals surface area contributed by atoms with Crippen molar-refractivity contribution in [2.75, 3.05) is 29.9 Å². The highest BCUT2D eigenvalue weighted by atomic mass is 15.1. The fraction of sp³-hybridized carbons (Fsp3) is 0.714. The molecule has 1 saturated carbocycles. The highest BCUT2D eigenvalue weighted by Gasteiger charge is 2.22. The molecule has 2 fully saturated rings. The SMILES string of the molecule is Cc1cc(N2CC(C)CC(C)C2)ccc1NCC1CCC(N)CC1. The van der Waals surface area contributed by atoms with Crippen LogP contribution in [0.1, 0.15) is 51.5 Å². The molecular formula is C21H35N3. The van der Waals surface area contributed by atoms with Gasteiger partial charge in [0.05, 0.1) is 0 Å². The molecule has 0 bridgehead atoms. The molecule has 3 rings (SSSR count). The van der Waals surface area contributed by atoms with E-state index in [1.807, 2.05) is 0 Å². The predicted octanol–water partition coefficient (Wildman–Crippen LogP) is 4.41. The Balaban J connectivity index is 1.58. The van der Waals surface area contributed by atoms with Crippen LogP contribution < -0.4 is 16.0 Å². The molecule has 1 aliphatic carbocycles. The Labute approximate surface area is 148 Å². The summed E-state index contributed by atoms with van der Waals surface area (Å²) < 4.78 is 0. The van der Waals surface area contributed by atoms with Crippen molar-refractivity contribution >= 4 is 11.4 Å². The summed E-state index contributed by atoms with van der Waals surface area (Å²) in [5.41, 5.74) is 10.1. The van der Waals surface area contributed by atoms with Gasteiger partial charge in [-0.1, -0.05) is 13.8 Å². The van der Waals surface area contributed by atoms with Gasteiger partial charge in [-0.2, -0.15) is 0 Å². The standard InChI is InChI=1S/C21H35N3/c1-15-10-16(2)14-24(13-15)20-8-9-21(17(3)11-20)23-12-18-4-6-19(22)7-5-18/h8-9,11,15-16,18-19,23H,4-7,10,12-14,22H2,1-3H3. The van der Waals surface area contributed by atoms with E-state index in [-0.39, 0.29) is 0 Å². The van der Waals surface area contributed by atoms with Gasteiger partial charge in [-0.15, -0.1) is 0 Å². The van der Waals surface area contributed by atoms with Gasteiger partial charge in [0, 0.05) is 37.1 Å². The number of hydrogen-bond donors (Lipinski definition) is 2. The van der Waals surface area contributed by atoms with Crippen LogP contribution in [0, 0.1) is 24.7 Å². The Bertz CT molecular complexity index is 524. The molecule has 1 aromatic rings. The zero-order valence-electron chi connectivity index (χ0n) is 15.7. The average Bonchev–Trinajstić information content (AvgIpc) is 2.54. The maximum atomic E-state index is 6.01. The zero-order chi connectivity index (χ0) is 17.1. The Morgan fingerprint density at radius 2 is 1.75 bits per heavy atom. The Kier molecular flexibility index (Phi) is 5.70. The van der Waals surface area contributed by atoms with Crippen LogP contribution in [0.15, 0.2) is 18.2 Å². The molecule has 2 unspecified atom stereocenters. The summed E-state index contributed by atoms with van der Waals surface area (Å²) in [4.78, 5) is 2.57. The summed E-state index contributed by atoms with van der Waals surface area (Å²) in [5.74, 6) is 2.38. The van der Waals surface area contributed by atoms with Crippen molar-refractivity contribution in [2.45, 2.75) is 58.9 Å². The molecule has 2 atom stereocenters. The Morgan fingerprint density at radius 3 is 2.38 bits per heavy atom. The average molecular weight is 330 g/mol. The molecule has 134 valence electrons. The smallest absolute Gasteiger partial charge is 0.0371 e. The van der Waals surface area contributed by atoms with Crippen molar-refractivity contribution < 1.29 is 0 Å². The van der Waals surface area contributed by atoms with Gasteiger partial charge in [0.25, 0.3) is 0 Å². The second kappa shape index (κ2) is 7.77. The van der Waals surface area contributed by atoms with Crippen molar-refractivity contribution in [3.8, 4) is 0 Å². The maximum absolute atomic E-state index is 6.01. The fourth-order valence-corrected chi connectivity index (χ4v) is 4.56. The lowest BCUT2D eigenvalue weighted by molar-refractivity contribution is 0.339. The van der Waals surface area contributed by atoms with Crippen molar-refractivity contribution in [3.05, 3.63) is 23.8 Å². The number of benzene rings is 1. The molecule has 2 aliphatic rings. The molecular weight excluding hydrogens is 294 g/mol. The first-order chi connectivity index (χ1) is 11.5. The largest absolute Gasteiger partial charge is 0.385 e. The van der Waals surface area contributed by atoms with Gasteiger partial charge in [0.15, 0.2) is 0 Å². The van der Waals surface area contributed by atoms with Crippen LogP contribution in [0.5, 0.6) is 0 Å². The summed E-state index contributed by atoms with van der Waals surface area (Å²) in [6, 6.07) is 7.39. The van der Waals surface area contributed by atoms with Crippen LogP contribution in [0.2, 0.25) is 0 Å². The molecule has 0 radical (unpaired) electrons. The molecule has 3 heteroatoms. The van der Waals surface area contributed by atoms with E-state index >= 15 is 0 Å². The zero-order valence-corrected chi connectivity index (χ0v) is 15.7. The summed E-state index contributed by atoms with van der Waals surface area (Å²) in [7, 11) is 0. The number of hydrogen-bond acceptors (Lipinski definition) is 3. The molecule has 0 aromatic heterocycles. The lowest BCUT2D eigenvalue weighted by Crippen LogP contribution is -2.38. The number of nitrogens with one attached hydrogen (secondary N) is 1. The Morgan fingerprint density at radius 1 is 1.08 bits per heavy atom. The lowest BCUT2D eigenvalue weighted by atomic mass is 9.86. The van der Waals surface area contributed by atoms with E-state index in [0.29, 0.717) is 6.04 Å². The van der Waals surface area contributed by atoms with E-state index in [1.54, 1.807) is 0 Å². The molecule has 24 heavy (non-hydrogen) atoms. The minimum atomic E-state index is 0.441. The van der Waals surface area contributed by atoms with E-state index in [0.717, 1.165) is 24.3 Å². The van der Waals surface area contributed by atoms with E-state index in [1.165, 1.54) is 62.1 Å². The van der Waals surface area contributed by atoms with Crippen molar-refractivity contribution in [1.29, 1.82) is 0 Å². The van der Waals surface area contributed by atoms with Gasteiger partial charge < -0.3 is 16.0 Å². The van der Waals surface area contributed by atoms with E-state index in [2.05, 4.69) is 49.2 Å². The first-order valence-corrected chi connectivity index (χ1v) is 9.86. The Hall–Kier alpha value is -1.22. The summed E-state index contributed by atoms with van der Waals surface area (Å²) in [5, 5.41) is 3.69. The quantitative estimate of drug-likeness (QED) is 0.860. The topological polar surface area (TPSA) is 41.3 Å². The van der Waals surface area contributed by atoms with Crippen molar-refractivity contribution in [3.63, 3.8) is 0 Å². The summed E-state index contributed by atoms with van der Waals surface area (Å²) in [6.07, 6.45) is 6.29. The predicted molar refractivity (Wildman–Crippen MR) is 105 cm³/mol. The van der Waals surface area contributed by atoms with Crippen LogP contribution >= 0.6 is 0 Å². The summed E-state index contributed by atoms with van der Waals surface area (Å²) in [6.45, 7) is 10.5. The van der Waals surface area contributed by atoms with E-state index < -0.39 is 0 Å². The molecule has 1 aromatic carbocycles. The van der Waals surface area contributed by atoms with Crippen LogP contribution in [0.3, 0.4) is 0 Å². The molecule has 3 N–H and O–H groups in total. The molecule has 1 aliphatic heterocycles. The monoisotopic (exact) mass is 329 g/mol. The fourth-order valence-electron chi connectivity index (χ4n) is 4.56. The van der Waals surface area contributed by atoms with Crippen LogP contribution in [-0.2, 0) is 0 Å². The number of nitrogens with zero attached hydrogens (tertiary/aromatic N) is 1. The van der Waals surface area contributed by atoms with E-state index in [4.69, 9.17) is 5.73 Å². The minimum absolute atomic E-state index is 0.441. The highest BCUT2D eigenvalue weighted by Crippen LogP contribution is 2.30. The third-order valence-corrected chi connectivity index (χ3v) is 5.92. The summed E-state index contributed by atoms with van der Waals surface area (Å²) >= 11 is 0. The number of rotatable bonds is 4. The lowest BCUT2D eigenvalue weighted by Gasteiger charge is -2.37. The number of anilines is 2. The van der Waals surface area contributed by atoms with Gasteiger partial charge in [-0.3, -0.25) is 0 Å². The second-order valence-electron chi connectivity index (χ2n) is 8.51. The van der Waals surface area contributed by atoms with Crippen LogP contribution in [0.25, 0.3) is 0 Å². The maximum Gasteiger partial charge on any atom is 0.0371 e. The number of piperidine rings is 1. The highest BCUT2D eigenvalue weighted by molar-refractivity contribution is 5.60. The van der Waals surface area contributed by atoms with E-state index in [9.17, 15) is 0 Å². The molecule has 1 saturated heterocycles. The minimum Gasteiger partial charge on any atom is -0.385 e. The van der Waals surface area contributed by atoms with Gasteiger partial charge >= 0.3 is 0 Å². The molecule has 0 amide bonds.